The molecule has 0 aromatic rings. The highest BCUT2D eigenvalue weighted by molar-refractivity contribution is 5.90. The zero-order valence-corrected chi connectivity index (χ0v) is 9.80. The SMILES string of the molecule is CC(C)CCOC(=O)OCOC(=O)CC(=O)O. The monoisotopic (exact) mass is 248 g/mol. The van der Waals surface area contributed by atoms with Crippen molar-refractivity contribution in [2.75, 3.05) is 13.4 Å². The summed E-state index contributed by atoms with van der Waals surface area (Å²) in [5.74, 6) is -1.89. The van der Waals surface area contributed by atoms with Crippen LogP contribution in [0.15, 0.2) is 0 Å². The number of rotatable bonds is 7. The molecule has 0 radical (unpaired) electrons. The van der Waals surface area contributed by atoms with Crippen LogP contribution in [0.3, 0.4) is 0 Å². The molecule has 0 rings (SSSR count). The molecule has 0 aliphatic heterocycles. The van der Waals surface area contributed by atoms with E-state index in [1.165, 1.54) is 0 Å². The van der Waals surface area contributed by atoms with Gasteiger partial charge in [0.25, 0.3) is 0 Å². The van der Waals surface area contributed by atoms with Gasteiger partial charge in [-0.15, -0.1) is 0 Å². The van der Waals surface area contributed by atoms with E-state index in [2.05, 4.69) is 14.2 Å². The van der Waals surface area contributed by atoms with E-state index in [9.17, 15) is 14.4 Å². The van der Waals surface area contributed by atoms with Gasteiger partial charge in [-0.25, -0.2) is 4.79 Å². The Morgan fingerprint density at radius 1 is 1.12 bits per heavy atom. The molecule has 0 atom stereocenters. The Morgan fingerprint density at radius 2 is 1.76 bits per heavy atom. The van der Waals surface area contributed by atoms with Gasteiger partial charge in [0, 0.05) is 0 Å². The van der Waals surface area contributed by atoms with E-state index in [0.717, 1.165) is 0 Å². The van der Waals surface area contributed by atoms with Gasteiger partial charge in [-0.2, -0.15) is 0 Å². The molecule has 0 fully saturated rings. The maximum atomic E-state index is 10.9. The van der Waals surface area contributed by atoms with Gasteiger partial charge in [0.05, 0.1) is 6.61 Å². The molecule has 0 aromatic carbocycles. The Balaban J connectivity index is 3.51. The Labute approximate surface area is 98.6 Å². The lowest BCUT2D eigenvalue weighted by Crippen LogP contribution is -2.16. The molecular weight excluding hydrogens is 232 g/mol. The molecule has 0 unspecified atom stereocenters. The first-order chi connectivity index (χ1) is 7.91. The zero-order valence-electron chi connectivity index (χ0n) is 9.80. The van der Waals surface area contributed by atoms with Gasteiger partial charge in [-0.05, 0) is 12.3 Å². The summed E-state index contributed by atoms with van der Waals surface area (Å²) >= 11 is 0. The largest absolute Gasteiger partial charge is 0.511 e. The summed E-state index contributed by atoms with van der Waals surface area (Å²) in [6.45, 7) is 3.52. The molecule has 7 heteroatoms. The minimum atomic E-state index is -1.31. The van der Waals surface area contributed by atoms with Crippen molar-refractivity contribution in [2.45, 2.75) is 26.7 Å². The normalized spacial score (nSPS) is 9.82. The average molecular weight is 248 g/mol. The molecule has 0 amide bonds. The molecule has 0 aromatic heterocycles. The smallest absolute Gasteiger partial charge is 0.481 e. The molecule has 0 bridgehead atoms. The van der Waals surface area contributed by atoms with Crippen molar-refractivity contribution in [3.05, 3.63) is 0 Å². The van der Waals surface area contributed by atoms with Crippen molar-refractivity contribution in [1.82, 2.24) is 0 Å². The van der Waals surface area contributed by atoms with E-state index in [-0.39, 0.29) is 6.61 Å². The Kier molecular flexibility index (Phi) is 7.49. The standard InChI is InChI=1S/C10H16O7/c1-7(2)3-4-15-10(14)17-6-16-9(13)5-8(11)12/h7H,3-6H2,1-2H3,(H,11,12). The van der Waals surface area contributed by atoms with Gasteiger partial charge in [0.15, 0.2) is 0 Å². The lowest BCUT2D eigenvalue weighted by Gasteiger charge is -2.07. The van der Waals surface area contributed by atoms with Crippen LogP contribution < -0.4 is 0 Å². The van der Waals surface area contributed by atoms with Crippen LogP contribution in [0.25, 0.3) is 0 Å². The first-order valence-electron chi connectivity index (χ1n) is 5.08. The second-order valence-electron chi connectivity index (χ2n) is 3.63. The summed E-state index contributed by atoms with van der Waals surface area (Å²) in [5.41, 5.74) is 0. The Morgan fingerprint density at radius 3 is 2.29 bits per heavy atom. The summed E-state index contributed by atoms with van der Waals surface area (Å²) in [6, 6.07) is 0. The summed E-state index contributed by atoms with van der Waals surface area (Å²) in [5, 5.41) is 8.23. The van der Waals surface area contributed by atoms with Gasteiger partial charge in [-0.3, -0.25) is 9.59 Å². The van der Waals surface area contributed by atoms with Crippen molar-refractivity contribution in [3.63, 3.8) is 0 Å². The minimum absolute atomic E-state index is 0.222. The van der Waals surface area contributed by atoms with Gasteiger partial charge in [0.2, 0.25) is 6.79 Å². The molecule has 0 aliphatic carbocycles. The van der Waals surface area contributed by atoms with E-state index >= 15 is 0 Å². The van der Waals surface area contributed by atoms with Crippen LogP contribution in [-0.4, -0.2) is 36.6 Å². The average Bonchev–Trinajstić information content (AvgIpc) is 2.15. The second kappa shape index (κ2) is 8.37. The van der Waals surface area contributed by atoms with Crippen LogP contribution in [-0.2, 0) is 23.8 Å². The highest BCUT2D eigenvalue weighted by atomic mass is 16.8. The molecule has 98 valence electrons. The fraction of sp³-hybridized carbons (Fsp3) is 0.700. The number of hydrogen-bond donors (Lipinski definition) is 1. The number of carboxylic acid groups (broad SMARTS) is 1. The van der Waals surface area contributed by atoms with Gasteiger partial charge < -0.3 is 19.3 Å². The van der Waals surface area contributed by atoms with E-state index in [1.807, 2.05) is 13.8 Å². The van der Waals surface area contributed by atoms with E-state index in [4.69, 9.17) is 5.11 Å². The summed E-state index contributed by atoms with van der Waals surface area (Å²) in [7, 11) is 0. The molecular formula is C10H16O7. The first-order valence-corrected chi connectivity index (χ1v) is 5.08. The number of esters is 1. The fourth-order valence-electron chi connectivity index (χ4n) is 0.737. The zero-order chi connectivity index (χ0) is 13.3. The highest BCUT2D eigenvalue weighted by Gasteiger charge is 2.10. The summed E-state index contributed by atoms with van der Waals surface area (Å²) in [6.07, 6.45) is -1.02. The molecule has 7 nitrogen and oxygen atoms in total. The van der Waals surface area contributed by atoms with E-state index < -0.39 is 31.3 Å². The third-order valence-corrected chi connectivity index (χ3v) is 1.61. The van der Waals surface area contributed by atoms with Crippen molar-refractivity contribution in [3.8, 4) is 0 Å². The molecule has 17 heavy (non-hydrogen) atoms. The predicted octanol–water partition coefficient (Wildman–Crippen LogP) is 1.16. The second-order valence-corrected chi connectivity index (χ2v) is 3.63. The van der Waals surface area contributed by atoms with Gasteiger partial charge in [-0.1, -0.05) is 13.8 Å². The van der Waals surface area contributed by atoms with E-state index in [1.54, 1.807) is 0 Å². The van der Waals surface area contributed by atoms with Gasteiger partial charge in [0.1, 0.15) is 6.42 Å². The van der Waals surface area contributed by atoms with Crippen LogP contribution in [0.4, 0.5) is 4.79 Å². The molecule has 0 spiro atoms. The van der Waals surface area contributed by atoms with Crippen molar-refractivity contribution in [2.24, 2.45) is 5.92 Å². The number of ether oxygens (including phenoxy) is 3. The Bertz CT molecular complexity index is 272. The predicted molar refractivity (Wildman–Crippen MR) is 55.1 cm³/mol. The third kappa shape index (κ3) is 10.5. The Hall–Kier alpha value is -1.79. The van der Waals surface area contributed by atoms with Crippen LogP contribution in [0.5, 0.6) is 0 Å². The van der Waals surface area contributed by atoms with Crippen molar-refractivity contribution < 1.29 is 33.7 Å². The lowest BCUT2D eigenvalue weighted by atomic mass is 10.1. The number of carboxylic acids is 1. The van der Waals surface area contributed by atoms with Gasteiger partial charge >= 0.3 is 18.1 Å². The van der Waals surface area contributed by atoms with Crippen LogP contribution in [0.1, 0.15) is 26.7 Å². The number of carbonyl (C=O) groups excluding carboxylic acids is 2. The van der Waals surface area contributed by atoms with E-state index in [0.29, 0.717) is 12.3 Å². The lowest BCUT2D eigenvalue weighted by molar-refractivity contribution is -0.158. The maximum absolute atomic E-state index is 10.9. The first kappa shape index (κ1) is 15.2. The van der Waals surface area contributed by atoms with Crippen LogP contribution in [0.2, 0.25) is 0 Å². The van der Waals surface area contributed by atoms with Crippen LogP contribution in [0, 0.1) is 5.92 Å². The number of aliphatic carboxylic acids is 1. The molecule has 0 saturated carbocycles. The quantitative estimate of drug-likeness (QED) is 0.410. The highest BCUT2D eigenvalue weighted by Crippen LogP contribution is 1.99. The molecule has 1 N–H and O–H groups in total. The maximum Gasteiger partial charge on any atom is 0.511 e. The minimum Gasteiger partial charge on any atom is -0.481 e. The summed E-state index contributed by atoms with van der Waals surface area (Å²) in [4.78, 5) is 31.7. The number of hydrogen-bond acceptors (Lipinski definition) is 6. The van der Waals surface area contributed by atoms with Crippen LogP contribution >= 0.6 is 0 Å². The van der Waals surface area contributed by atoms with Crippen molar-refractivity contribution in [1.29, 1.82) is 0 Å². The molecule has 0 heterocycles. The summed E-state index contributed by atoms with van der Waals surface area (Å²) < 4.78 is 13.3. The number of carbonyl (C=O) groups is 3. The third-order valence-electron chi connectivity index (χ3n) is 1.61. The molecule has 0 aliphatic rings. The van der Waals surface area contributed by atoms with Crippen molar-refractivity contribution >= 4 is 18.1 Å². The topological polar surface area (TPSA) is 99.1 Å². The fourth-order valence-corrected chi connectivity index (χ4v) is 0.737. The molecule has 0 saturated heterocycles.